The first kappa shape index (κ1) is 29.5. The maximum absolute atomic E-state index is 14.2. The zero-order chi connectivity index (χ0) is 28.5. The highest BCUT2D eigenvalue weighted by Crippen LogP contribution is 2.24. The van der Waals surface area contributed by atoms with Gasteiger partial charge in [-0.05, 0) is 68.8 Å². The van der Waals surface area contributed by atoms with Crippen LogP contribution in [-0.4, -0.2) is 83.0 Å². The number of anilines is 2. The average Bonchev–Trinajstić information content (AvgIpc) is 2.97. The molecule has 12 heteroatoms. The smallest absolute Gasteiger partial charge is 0.326 e. The Kier molecular flexibility index (Phi) is 10.5. The molecule has 0 radical (unpaired) electrons. The van der Waals surface area contributed by atoms with E-state index < -0.39 is 36.4 Å². The van der Waals surface area contributed by atoms with Crippen molar-refractivity contribution in [2.24, 2.45) is 0 Å². The number of benzene rings is 1. The third-order valence-corrected chi connectivity index (χ3v) is 7.12. The van der Waals surface area contributed by atoms with Gasteiger partial charge in [-0.3, -0.25) is 0 Å². The topological polar surface area (TPSA) is 113 Å². The molecule has 2 unspecified atom stereocenters. The van der Waals surface area contributed by atoms with Crippen LogP contribution in [0.3, 0.4) is 0 Å². The lowest BCUT2D eigenvalue weighted by atomic mass is 10.1. The lowest BCUT2D eigenvalue weighted by Crippen LogP contribution is -2.39. The standard InChI is InChI=1S/C28H35F3N6O3/c1-40-20(15-29)16-37(13-3-2-6-19-8-7-18-5-4-12-32-26(18)35-19)14-11-23(28(38)39)36-27-21-9-10-22(30)24(31)25(21)33-17-34-27/h7-10,17,20,23H,2-6,11-16H2,1H3,(H,32,35)(H,38,39)(H,33,34,36). The SMILES string of the molecule is COC(CF)CN(CCCCc1ccc2c(n1)NCCC2)CCC(Nc1ncnc2c(F)c(F)ccc12)C(=O)O. The first-order valence-electron chi connectivity index (χ1n) is 13.5. The van der Waals surface area contributed by atoms with Crippen LogP contribution in [0.2, 0.25) is 0 Å². The van der Waals surface area contributed by atoms with Gasteiger partial charge in [-0.15, -0.1) is 0 Å². The number of carbonyl (C=O) groups is 1. The Balaban J connectivity index is 1.36. The summed E-state index contributed by atoms with van der Waals surface area (Å²) in [6.45, 7) is 1.55. The molecule has 2 aromatic heterocycles. The summed E-state index contributed by atoms with van der Waals surface area (Å²) in [6.07, 6.45) is 5.20. The van der Waals surface area contributed by atoms with Gasteiger partial charge in [0.15, 0.2) is 11.6 Å². The van der Waals surface area contributed by atoms with Gasteiger partial charge >= 0.3 is 5.97 Å². The summed E-state index contributed by atoms with van der Waals surface area (Å²) in [7, 11) is 1.45. The second kappa shape index (κ2) is 14.2. The number of hydrogen-bond donors (Lipinski definition) is 3. The number of carboxylic acid groups (broad SMARTS) is 1. The summed E-state index contributed by atoms with van der Waals surface area (Å²) in [5, 5.41) is 16.2. The lowest BCUT2D eigenvalue weighted by molar-refractivity contribution is -0.138. The van der Waals surface area contributed by atoms with E-state index in [2.05, 4.69) is 32.7 Å². The van der Waals surface area contributed by atoms with Gasteiger partial charge in [0.2, 0.25) is 0 Å². The van der Waals surface area contributed by atoms with Crippen molar-refractivity contribution in [1.29, 1.82) is 0 Å². The van der Waals surface area contributed by atoms with Crippen LogP contribution in [0.5, 0.6) is 0 Å². The molecule has 0 bridgehead atoms. The minimum atomic E-state index is -1.13. The van der Waals surface area contributed by atoms with E-state index in [-0.39, 0.29) is 23.1 Å². The number of aromatic nitrogens is 3. The van der Waals surface area contributed by atoms with E-state index in [1.165, 1.54) is 18.7 Å². The van der Waals surface area contributed by atoms with Gasteiger partial charge in [0.25, 0.3) is 0 Å². The van der Waals surface area contributed by atoms with Crippen LogP contribution >= 0.6 is 0 Å². The van der Waals surface area contributed by atoms with Crippen molar-refractivity contribution in [3.8, 4) is 0 Å². The number of pyridine rings is 1. The van der Waals surface area contributed by atoms with E-state index in [1.54, 1.807) is 0 Å². The van der Waals surface area contributed by atoms with Crippen molar-refractivity contribution in [3.05, 3.63) is 53.5 Å². The number of nitrogens with zero attached hydrogens (tertiary/aromatic N) is 4. The van der Waals surface area contributed by atoms with E-state index in [1.807, 2.05) is 4.90 Å². The molecular weight excluding hydrogens is 525 g/mol. The Bertz CT molecular complexity index is 1290. The van der Waals surface area contributed by atoms with Crippen LogP contribution in [0.1, 0.15) is 36.9 Å². The fourth-order valence-electron chi connectivity index (χ4n) is 4.84. The van der Waals surface area contributed by atoms with Gasteiger partial charge < -0.3 is 25.4 Å². The number of methoxy groups -OCH3 is 1. The fourth-order valence-corrected chi connectivity index (χ4v) is 4.84. The van der Waals surface area contributed by atoms with Crippen LogP contribution in [0.15, 0.2) is 30.6 Å². The molecule has 1 aromatic carbocycles. The quantitative estimate of drug-likeness (QED) is 0.235. The molecule has 216 valence electrons. The number of halogens is 3. The van der Waals surface area contributed by atoms with Gasteiger partial charge in [0.05, 0.1) is 6.10 Å². The summed E-state index contributed by atoms with van der Waals surface area (Å²) in [6, 6.07) is 5.37. The summed E-state index contributed by atoms with van der Waals surface area (Å²) in [5.74, 6) is -2.25. The lowest BCUT2D eigenvalue weighted by Gasteiger charge is -2.27. The Morgan fingerprint density at radius 1 is 1.20 bits per heavy atom. The summed E-state index contributed by atoms with van der Waals surface area (Å²) in [5.41, 5.74) is 2.02. The largest absolute Gasteiger partial charge is 0.480 e. The zero-order valence-corrected chi connectivity index (χ0v) is 22.5. The Morgan fingerprint density at radius 3 is 2.83 bits per heavy atom. The summed E-state index contributed by atoms with van der Waals surface area (Å²) >= 11 is 0. The number of alkyl halides is 1. The normalized spacial score (nSPS) is 14.5. The van der Waals surface area contributed by atoms with Crippen molar-refractivity contribution in [3.63, 3.8) is 0 Å². The first-order chi connectivity index (χ1) is 19.4. The molecule has 3 N–H and O–H groups in total. The molecule has 0 aliphatic carbocycles. The van der Waals surface area contributed by atoms with Gasteiger partial charge in [0, 0.05) is 37.8 Å². The van der Waals surface area contributed by atoms with Crippen LogP contribution in [0.4, 0.5) is 24.8 Å². The number of nitrogens with one attached hydrogen (secondary N) is 2. The van der Waals surface area contributed by atoms with Gasteiger partial charge in [0.1, 0.15) is 36.2 Å². The maximum atomic E-state index is 14.2. The molecule has 0 amide bonds. The number of aliphatic carboxylic acids is 1. The predicted molar refractivity (Wildman–Crippen MR) is 146 cm³/mol. The number of rotatable bonds is 15. The molecule has 1 aliphatic heterocycles. The van der Waals surface area contributed by atoms with E-state index in [4.69, 9.17) is 9.72 Å². The highest BCUT2D eigenvalue weighted by atomic mass is 19.2. The number of carboxylic acids is 1. The van der Waals surface area contributed by atoms with Crippen LogP contribution in [-0.2, 0) is 22.4 Å². The Hall–Kier alpha value is -3.51. The number of fused-ring (bicyclic) bond motifs is 2. The Labute approximate surface area is 231 Å². The molecule has 3 aromatic rings. The summed E-state index contributed by atoms with van der Waals surface area (Å²) < 4.78 is 46.5. The first-order valence-corrected chi connectivity index (χ1v) is 13.5. The van der Waals surface area contributed by atoms with Gasteiger partial charge in [-0.2, -0.15) is 0 Å². The molecule has 4 rings (SSSR count). The third kappa shape index (κ3) is 7.57. The van der Waals surface area contributed by atoms with E-state index in [0.717, 1.165) is 62.6 Å². The zero-order valence-electron chi connectivity index (χ0n) is 22.5. The van der Waals surface area contributed by atoms with E-state index in [9.17, 15) is 23.1 Å². The average molecular weight is 561 g/mol. The summed E-state index contributed by atoms with van der Waals surface area (Å²) in [4.78, 5) is 26.6. The van der Waals surface area contributed by atoms with Gasteiger partial charge in [-0.1, -0.05) is 6.07 Å². The number of unbranched alkanes of at least 4 members (excludes halogenated alkanes) is 1. The van der Waals surface area contributed by atoms with Crippen LogP contribution < -0.4 is 10.6 Å². The monoisotopic (exact) mass is 560 g/mol. The predicted octanol–water partition coefficient (Wildman–Crippen LogP) is 4.23. The minimum absolute atomic E-state index is 0.0911. The third-order valence-electron chi connectivity index (χ3n) is 7.12. The van der Waals surface area contributed by atoms with E-state index in [0.29, 0.717) is 19.6 Å². The molecule has 40 heavy (non-hydrogen) atoms. The molecule has 0 spiro atoms. The molecule has 0 saturated heterocycles. The molecular formula is C28H35F3N6O3. The van der Waals surface area contributed by atoms with Crippen molar-refractivity contribution < 1.29 is 27.8 Å². The van der Waals surface area contributed by atoms with Crippen LogP contribution in [0.25, 0.3) is 10.9 Å². The number of ether oxygens (including phenoxy) is 1. The number of aryl methyl sites for hydroxylation is 2. The van der Waals surface area contributed by atoms with E-state index >= 15 is 0 Å². The Morgan fingerprint density at radius 2 is 2.05 bits per heavy atom. The molecule has 3 heterocycles. The molecule has 0 saturated carbocycles. The van der Waals surface area contributed by atoms with Crippen LogP contribution in [0, 0.1) is 11.6 Å². The molecule has 2 atom stereocenters. The molecule has 1 aliphatic rings. The minimum Gasteiger partial charge on any atom is -0.480 e. The van der Waals surface area contributed by atoms with Crippen molar-refractivity contribution in [1.82, 2.24) is 19.9 Å². The van der Waals surface area contributed by atoms with Crippen molar-refractivity contribution >= 4 is 28.5 Å². The highest BCUT2D eigenvalue weighted by Gasteiger charge is 2.23. The van der Waals surface area contributed by atoms with Crippen molar-refractivity contribution in [2.75, 3.05) is 50.6 Å². The van der Waals surface area contributed by atoms with Crippen molar-refractivity contribution in [2.45, 2.75) is 50.7 Å². The molecule has 9 nitrogen and oxygen atoms in total. The fraction of sp³-hybridized carbons (Fsp3) is 0.500. The highest BCUT2D eigenvalue weighted by molar-refractivity contribution is 5.91. The van der Waals surface area contributed by atoms with Gasteiger partial charge in [-0.25, -0.2) is 32.9 Å². The molecule has 0 fully saturated rings. The second-order valence-electron chi connectivity index (χ2n) is 9.91. The second-order valence-corrected chi connectivity index (χ2v) is 9.91. The maximum Gasteiger partial charge on any atom is 0.326 e. The number of hydrogen-bond acceptors (Lipinski definition) is 8.